The molecule has 0 atom stereocenters. The van der Waals surface area contributed by atoms with E-state index in [4.69, 9.17) is 4.98 Å². The maximum atomic E-state index is 4.83. The quantitative estimate of drug-likeness (QED) is 0.458. The zero-order valence-electron chi connectivity index (χ0n) is 17.6. The van der Waals surface area contributed by atoms with Crippen molar-refractivity contribution in [3.8, 4) is 11.1 Å². The molecule has 1 aliphatic rings. The molecule has 1 N–H and O–H groups in total. The summed E-state index contributed by atoms with van der Waals surface area (Å²) in [6.45, 7) is 4.03. The van der Waals surface area contributed by atoms with E-state index in [2.05, 4.69) is 56.0 Å². The Morgan fingerprint density at radius 1 is 0.969 bits per heavy atom. The molecule has 0 spiro atoms. The van der Waals surface area contributed by atoms with Gasteiger partial charge >= 0.3 is 0 Å². The van der Waals surface area contributed by atoms with Crippen LogP contribution in [0.1, 0.15) is 0 Å². The molecule has 6 rings (SSSR count). The molecule has 1 aliphatic heterocycles. The Kier molecular flexibility index (Phi) is 4.77. The third-order valence-corrected chi connectivity index (χ3v) is 6.76. The van der Waals surface area contributed by atoms with Crippen molar-refractivity contribution in [3.05, 3.63) is 61.2 Å². The van der Waals surface area contributed by atoms with E-state index in [1.165, 1.54) is 5.69 Å². The first-order chi connectivity index (χ1) is 15.7. The van der Waals surface area contributed by atoms with Gasteiger partial charge in [0.25, 0.3) is 0 Å². The normalized spacial score (nSPS) is 14.5. The van der Waals surface area contributed by atoms with Crippen LogP contribution in [0.5, 0.6) is 0 Å². The number of anilines is 1. The number of aromatic nitrogens is 6. The third kappa shape index (κ3) is 3.49. The first-order valence-corrected chi connectivity index (χ1v) is 11.4. The topological polar surface area (TPSA) is 76.2 Å². The predicted octanol–water partition coefficient (Wildman–Crippen LogP) is 3.24. The van der Waals surface area contributed by atoms with Crippen LogP contribution in [-0.4, -0.2) is 55.5 Å². The molecule has 0 amide bonds. The summed E-state index contributed by atoms with van der Waals surface area (Å²) in [6.07, 6.45) is 7.92. The van der Waals surface area contributed by atoms with E-state index in [1.807, 2.05) is 42.2 Å². The Bertz CT molecular complexity index is 1420. The van der Waals surface area contributed by atoms with Crippen LogP contribution in [0, 0.1) is 0 Å². The number of fused-ring (bicyclic) bond motifs is 2. The second-order valence-electron chi connectivity index (χ2n) is 7.89. The van der Waals surface area contributed by atoms with Gasteiger partial charge in [-0.1, -0.05) is 12.1 Å². The first-order valence-electron chi connectivity index (χ1n) is 10.6. The highest BCUT2D eigenvalue weighted by atomic mass is 32.2. The summed E-state index contributed by atoms with van der Waals surface area (Å²) >= 11 is 1.59. The molecular weight excluding hydrogens is 420 g/mol. The van der Waals surface area contributed by atoms with Crippen LogP contribution in [0.3, 0.4) is 0 Å². The fourth-order valence-electron chi connectivity index (χ4n) is 4.08. The molecule has 1 fully saturated rings. The lowest BCUT2D eigenvalue weighted by Gasteiger charge is -2.29. The summed E-state index contributed by atoms with van der Waals surface area (Å²) in [5, 5.41) is 18.4. The van der Waals surface area contributed by atoms with Crippen molar-refractivity contribution < 1.29 is 0 Å². The third-order valence-electron chi connectivity index (χ3n) is 5.75. The average Bonchev–Trinajstić information content (AvgIpc) is 3.45. The van der Waals surface area contributed by atoms with Crippen LogP contribution in [0.25, 0.3) is 27.7 Å². The van der Waals surface area contributed by atoms with Crippen LogP contribution in [-0.2, 0) is 7.05 Å². The van der Waals surface area contributed by atoms with E-state index in [-0.39, 0.29) is 0 Å². The highest BCUT2D eigenvalue weighted by molar-refractivity contribution is 7.99. The molecule has 8 nitrogen and oxygen atoms in total. The fraction of sp³-hybridized carbons (Fsp3) is 0.217. The molecule has 4 aromatic heterocycles. The molecule has 160 valence electrons. The van der Waals surface area contributed by atoms with Gasteiger partial charge in [-0.15, -0.1) is 10.2 Å². The molecule has 0 aliphatic carbocycles. The molecule has 5 heterocycles. The zero-order valence-corrected chi connectivity index (χ0v) is 18.5. The summed E-state index contributed by atoms with van der Waals surface area (Å²) in [7, 11) is 1.92. The van der Waals surface area contributed by atoms with Gasteiger partial charge in [-0.3, -0.25) is 14.1 Å². The number of para-hydroxylation sites is 1. The van der Waals surface area contributed by atoms with Crippen molar-refractivity contribution >= 4 is 34.0 Å². The molecule has 5 aromatic rings. The largest absolute Gasteiger partial charge is 0.368 e. The van der Waals surface area contributed by atoms with Crippen molar-refractivity contribution in [2.75, 3.05) is 31.1 Å². The molecule has 0 radical (unpaired) electrons. The lowest BCUT2D eigenvalue weighted by molar-refractivity contribution is 0.589. The number of nitrogens with zero attached hydrogens (tertiary/aromatic N) is 7. The molecule has 0 saturated carbocycles. The Hall–Kier alpha value is -3.43. The van der Waals surface area contributed by atoms with Crippen LogP contribution in [0.4, 0.5) is 5.69 Å². The van der Waals surface area contributed by atoms with Gasteiger partial charge in [0.2, 0.25) is 5.16 Å². The van der Waals surface area contributed by atoms with Gasteiger partial charge in [-0.05, 0) is 36.0 Å². The molecule has 1 saturated heterocycles. The molecule has 9 heteroatoms. The van der Waals surface area contributed by atoms with Gasteiger partial charge in [0, 0.05) is 67.0 Å². The number of pyridine rings is 2. The van der Waals surface area contributed by atoms with Gasteiger partial charge < -0.3 is 10.2 Å². The van der Waals surface area contributed by atoms with Crippen molar-refractivity contribution in [1.82, 2.24) is 34.7 Å². The van der Waals surface area contributed by atoms with E-state index < -0.39 is 0 Å². The molecule has 0 bridgehead atoms. The summed E-state index contributed by atoms with van der Waals surface area (Å²) < 4.78 is 3.83. The lowest BCUT2D eigenvalue weighted by Crippen LogP contribution is -2.43. The van der Waals surface area contributed by atoms with Crippen molar-refractivity contribution in [2.45, 2.75) is 10.1 Å². The Morgan fingerprint density at radius 2 is 1.88 bits per heavy atom. The van der Waals surface area contributed by atoms with Gasteiger partial charge in [-0.2, -0.15) is 5.10 Å². The van der Waals surface area contributed by atoms with E-state index in [1.54, 1.807) is 16.4 Å². The predicted molar refractivity (Wildman–Crippen MR) is 126 cm³/mol. The smallest absolute Gasteiger partial charge is 0.200 e. The molecule has 32 heavy (non-hydrogen) atoms. The second-order valence-corrected chi connectivity index (χ2v) is 8.90. The Morgan fingerprint density at radius 3 is 2.72 bits per heavy atom. The van der Waals surface area contributed by atoms with Crippen LogP contribution in [0.15, 0.2) is 71.2 Å². The number of hydrogen-bond donors (Lipinski definition) is 1. The van der Waals surface area contributed by atoms with Gasteiger partial charge in [0.1, 0.15) is 0 Å². The summed E-state index contributed by atoms with van der Waals surface area (Å²) in [5.74, 6) is 0. The van der Waals surface area contributed by atoms with Crippen LogP contribution in [0.2, 0.25) is 0 Å². The van der Waals surface area contributed by atoms with E-state index in [0.29, 0.717) is 0 Å². The maximum absolute atomic E-state index is 4.83. The SMILES string of the molecule is Cn1cc(-c2ccc3nnc(Sc4cccc5cc(N6CCNCC6)cnc45)n3c2)cn1. The van der Waals surface area contributed by atoms with E-state index >= 15 is 0 Å². The van der Waals surface area contributed by atoms with Crippen molar-refractivity contribution in [1.29, 1.82) is 0 Å². The number of hydrogen-bond acceptors (Lipinski definition) is 7. The fourth-order valence-corrected chi connectivity index (χ4v) is 5.02. The summed E-state index contributed by atoms with van der Waals surface area (Å²) in [4.78, 5) is 8.28. The summed E-state index contributed by atoms with van der Waals surface area (Å²) in [5.41, 5.74) is 5.11. The molecule has 1 aromatic carbocycles. The highest BCUT2D eigenvalue weighted by Crippen LogP contribution is 2.33. The lowest BCUT2D eigenvalue weighted by atomic mass is 10.2. The number of nitrogens with one attached hydrogen (secondary N) is 1. The monoisotopic (exact) mass is 442 g/mol. The number of rotatable bonds is 4. The highest BCUT2D eigenvalue weighted by Gasteiger charge is 2.15. The van der Waals surface area contributed by atoms with E-state index in [0.717, 1.165) is 63.9 Å². The number of aryl methyl sites for hydroxylation is 1. The maximum Gasteiger partial charge on any atom is 0.200 e. The van der Waals surface area contributed by atoms with Gasteiger partial charge in [0.05, 0.1) is 23.6 Å². The minimum atomic E-state index is 0.811. The second kappa shape index (κ2) is 7.92. The first kappa shape index (κ1) is 19.3. The minimum Gasteiger partial charge on any atom is -0.368 e. The van der Waals surface area contributed by atoms with Crippen molar-refractivity contribution in [2.24, 2.45) is 7.05 Å². The standard InChI is InChI=1S/C23H22N8S/c1-29-14-18(12-26-29)17-5-6-21-27-28-23(31(21)15-17)32-20-4-2-3-16-11-19(13-25-22(16)20)30-9-7-24-8-10-30/h2-6,11-15,24H,7-10H2,1H3. The molecular formula is C23H22N8S. The van der Waals surface area contributed by atoms with Gasteiger partial charge in [0.15, 0.2) is 5.65 Å². The van der Waals surface area contributed by atoms with Crippen LogP contribution < -0.4 is 10.2 Å². The number of piperazine rings is 1. The minimum absolute atomic E-state index is 0.811. The average molecular weight is 443 g/mol. The Labute approximate surface area is 189 Å². The molecule has 0 unspecified atom stereocenters. The van der Waals surface area contributed by atoms with E-state index in [9.17, 15) is 0 Å². The van der Waals surface area contributed by atoms with Crippen molar-refractivity contribution in [3.63, 3.8) is 0 Å². The van der Waals surface area contributed by atoms with Gasteiger partial charge in [-0.25, -0.2) is 0 Å². The Balaban J connectivity index is 1.35. The van der Waals surface area contributed by atoms with Crippen LogP contribution >= 0.6 is 11.8 Å². The number of benzene rings is 1. The summed E-state index contributed by atoms with van der Waals surface area (Å²) in [6, 6.07) is 12.6. The zero-order chi connectivity index (χ0) is 21.5.